The van der Waals surface area contributed by atoms with E-state index < -0.39 is 0 Å². The third-order valence-corrected chi connectivity index (χ3v) is 3.61. The van der Waals surface area contributed by atoms with Crippen molar-refractivity contribution in [3.63, 3.8) is 0 Å². The maximum absolute atomic E-state index is 5.58. The summed E-state index contributed by atoms with van der Waals surface area (Å²) in [7, 11) is 0. The minimum atomic E-state index is -0.0868. The maximum Gasteiger partial charge on any atom is 0.231 e. The zero-order valence-electron chi connectivity index (χ0n) is 12.7. The molecule has 6 nitrogen and oxygen atoms in total. The van der Waals surface area contributed by atoms with Crippen molar-refractivity contribution < 1.29 is 23.8 Å². The number of ether oxygens (including phenoxy) is 4. The molecule has 0 saturated carbocycles. The second-order valence-electron chi connectivity index (χ2n) is 5.24. The highest BCUT2D eigenvalue weighted by Crippen LogP contribution is 2.32. The van der Waals surface area contributed by atoms with E-state index in [1.54, 1.807) is 0 Å². The van der Waals surface area contributed by atoms with Gasteiger partial charge in [-0.15, -0.1) is 0 Å². The van der Waals surface area contributed by atoms with Crippen LogP contribution in [0.25, 0.3) is 0 Å². The molecule has 1 aromatic rings. The van der Waals surface area contributed by atoms with Crippen molar-refractivity contribution in [2.24, 2.45) is 5.16 Å². The molecule has 0 aliphatic carbocycles. The fraction of sp³-hybridized carbons (Fsp3) is 0.562. The van der Waals surface area contributed by atoms with Gasteiger partial charge in [0.15, 0.2) is 17.8 Å². The first kappa shape index (κ1) is 15.1. The lowest BCUT2D eigenvalue weighted by atomic mass is 10.1. The molecule has 0 radical (unpaired) electrons. The van der Waals surface area contributed by atoms with Gasteiger partial charge in [-0.1, -0.05) is 5.16 Å². The molecule has 2 aliphatic heterocycles. The highest BCUT2D eigenvalue weighted by atomic mass is 16.7. The van der Waals surface area contributed by atoms with Crippen LogP contribution in [-0.2, 0) is 14.3 Å². The van der Waals surface area contributed by atoms with Crippen molar-refractivity contribution in [3.05, 3.63) is 23.8 Å². The van der Waals surface area contributed by atoms with Gasteiger partial charge < -0.3 is 23.8 Å². The predicted octanol–water partition coefficient (Wildman–Crippen LogP) is 2.70. The maximum atomic E-state index is 5.58. The zero-order chi connectivity index (χ0) is 15.2. The van der Waals surface area contributed by atoms with Crippen LogP contribution in [0.1, 0.15) is 31.7 Å². The summed E-state index contributed by atoms with van der Waals surface area (Å²) < 4.78 is 21.7. The molecule has 1 fully saturated rings. The average molecular weight is 307 g/mol. The Morgan fingerprint density at radius 3 is 3.00 bits per heavy atom. The summed E-state index contributed by atoms with van der Waals surface area (Å²) in [6.45, 7) is 3.83. The number of hydrogen-bond acceptors (Lipinski definition) is 6. The lowest BCUT2D eigenvalue weighted by Gasteiger charge is -2.22. The van der Waals surface area contributed by atoms with Gasteiger partial charge in [-0.05, 0) is 44.4 Å². The van der Waals surface area contributed by atoms with Crippen LogP contribution < -0.4 is 9.47 Å². The monoisotopic (exact) mass is 307 g/mol. The summed E-state index contributed by atoms with van der Waals surface area (Å²) in [6, 6.07) is 5.71. The van der Waals surface area contributed by atoms with E-state index >= 15 is 0 Å². The first-order chi connectivity index (χ1) is 10.8. The molecular formula is C16H21NO5. The zero-order valence-corrected chi connectivity index (χ0v) is 12.7. The van der Waals surface area contributed by atoms with Crippen molar-refractivity contribution in [1.82, 2.24) is 0 Å². The van der Waals surface area contributed by atoms with Crippen LogP contribution in [-0.4, -0.2) is 38.6 Å². The molecule has 1 atom stereocenters. The van der Waals surface area contributed by atoms with Crippen LogP contribution in [0.15, 0.2) is 23.4 Å². The van der Waals surface area contributed by atoms with Crippen LogP contribution in [0.2, 0.25) is 0 Å². The van der Waals surface area contributed by atoms with Gasteiger partial charge in [0.2, 0.25) is 6.79 Å². The fourth-order valence-corrected chi connectivity index (χ4v) is 2.38. The van der Waals surface area contributed by atoms with Crippen molar-refractivity contribution in [3.8, 4) is 11.5 Å². The van der Waals surface area contributed by atoms with E-state index in [2.05, 4.69) is 5.16 Å². The van der Waals surface area contributed by atoms with E-state index in [0.717, 1.165) is 48.6 Å². The van der Waals surface area contributed by atoms with E-state index in [9.17, 15) is 0 Å². The van der Waals surface area contributed by atoms with E-state index in [1.807, 2.05) is 25.1 Å². The summed E-state index contributed by atoms with van der Waals surface area (Å²) in [5.41, 5.74) is 1.73. The summed E-state index contributed by atoms with van der Waals surface area (Å²) >= 11 is 0. The van der Waals surface area contributed by atoms with Crippen molar-refractivity contribution >= 4 is 5.71 Å². The normalized spacial score (nSPS) is 21.0. The molecule has 0 bridgehead atoms. The van der Waals surface area contributed by atoms with Gasteiger partial charge in [0.05, 0.1) is 12.3 Å². The lowest BCUT2D eigenvalue weighted by molar-refractivity contribution is -0.169. The highest BCUT2D eigenvalue weighted by molar-refractivity contribution is 5.98. The van der Waals surface area contributed by atoms with Gasteiger partial charge in [-0.25, -0.2) is 0 Å². The van der Waals surface area contributed by atoms with Crippen molar-refractivity contribution in [1.29, 1.82) is 0 Å². The fourth-order valence-electron chi connectivity index (χ4n) is 2.38. The Kier molecular flexibility index (Phi) is 5.13. The van der Waals surface area contributed by atoms with Crippen LogP contribution in [0.4, 0.5) is 0 Å². The number of nitrogens with zero attached hydrogens (tertiary/aromatic N) is 1. The predicted molar refractivity (Wildman–Crippen MR) is 80.3 cm³/mol. The molecule has 2 aliphatic rings. The molecule has 0 aromatic heterocycles. The Labute approximate surface area is 129 Å². The van der Waals surface area contributed by atoms with Crippen molar-refractivity contribution in [2.45, 2.75) is 32.5 Å². The third kappa shape index (κ3) is 3.90. The van der Waals surface area contributed by atoms with E-state index in [1.165, 1.54) is 0 Å². The molecule has 120 valence electrons. The van der Waals surface area contributed by atoms with Crippen LogP contribution in [0.5, 0.6) is 11.5 Å². The smallest absolute Gasteiger partial charge is 0.231 e. The standard InChI is InChI=1S/C16H21NO5/c1-12(13-5-6-14-15(10-13)21-11-20-14)17-22-9-8-19-16-4-2-3-7-18-16/h5-6,10,16H,2-4,7-9,11H2,1H3/b17-12+. The molecule has 1 unspecified atom stereocenters. The molecular weight excluding hydrogens is 286 g/mol. The molecule has 6 heteroatoms. The number of benzene rings is 1. The van der Waals surface area contributed by atoms with Crippen LogP contribution >= 0.6 is 0 Å². The van der Waals surface area contributed by atoms with Gasteiger partial charge in [-0.3, -0.25) is 0 Å². The number of hydrogen-bond donors (Lipinski definition) is 0. The van der Waals surface area contributed by atoms with E-state index in [0.29, 0.717) is 13.2 Å². The molecule has 22 heavy (non-hydrogen) atoms. The third-order valence-electron chi connectivity index (χ3n) is 3.61. The van der Waals surface area contributed by atoms with Gasteiger partial charge in [-0.2, -0.15) is 0 Å². The van der Waals surface area contributed by atoms with Gasteiger partial charge in [0.1, 0.15) is 6.61 Å². The van der Waals surface area contributed by atoms with Gasteiger partial charge in [0.25, 0.3) is 0 Å². The average Bonchev–Trinajstić information content (AvgIpc) is 3.03. The number of oxime groups is 1. The largest absolute Gasteiger partial charge is 0.454 e. The van der Waals surface area contributed by atoms with Crippen LogP contribution in [0.3, 0.4) is 0 Å². The molecule has 1 saturated heterocycles. The quantitative estimate of drug-likeness (QED) is 0.459. The summed E-state index contributed by atoms with van der Waals surface area (Å²) in [5.74, 6) is 1.50. The lowest BCUT2D eigenvalue weighted by Crippen LogP contribution is -2.23. The van der Waals surface area contributed by atoms with E-state index in [4.69, 9.17) is 23.8 Å². The molecule has 0 amide bonds. The second-order valence-corrected chi connectivity index (χ2v) is 5.24. The topological polar surface area (TPSA) is 58.5 Å². The minimum absolute atomic E-state index is 0.0868. The molecule has 0 spiro atoms. The Morgan fingerprint density at radius 1 is 1.23 bits per heavy atom. The van der Waals surface area contributed by atoms with E-state index in [-0.39, 0.29) is 13.1 Å². The molecule has 3 rings (SSSR count). The summed E-state index contributed by atoms with van der Waals surface area (Å²) in [4.78, 5) is 5.30. The van der Waals surface area contributed by atoms with Crippen molar-refractivity contribution in [2.75, 3.05) is 26.6 Å². The summed E-state index contributed by atoms with van der Waals surface area (Å²) in [6.07, 6.45) is 3.15. The summed E-state index contributed by atoms with van der Waals surface area (Å²) in [5, 5.41) is 4.10. The van der Waals surface area contributed by atoms with Crippen LogP contribution in [0, 0.1) is 0 Å². The highest BCUT2D eigenvalue weighted by Gasteiger charge is 2.15. The Hall–Kier alpha value is -1.79. The molecule has 1 aromatic carbocycles. The SMILES string of the molecule is C/C(=N\OCCOC1CCCCO1)c1ccc2c(c1)OCO2. The van der Waals surface area contributed by atoms with Gasteiger partial charge in [0, 0.05) is 12.2 Å². The first-order valence-corrected chi connectivity index (χ1v) is 7.63. The minimum Gasteiger partial charge on any atom is -0.454 e. The molecule has 0 N–H and O–H groups in total. The number of rotatable bonds is 6. The Balaban J connectivity index is 1.42. The second kappa shape index (κ2) is 7.47. The van der Waals surface area contributed by atoms with Gasteiger partial charge >= 0.3 is 0 Å². The Morgan fingerprint density at radius 2 is 2.14 bits per heavy atom. The number of fused-ring (bicyclic) bond motifs is 1. The Bertz CT molecular complexity index is 525. The first-order valence-electron chi connectivity index (χ1n) is 7.63. The molecule has 2 heterocycles.